The number of pyridine rings is 1. The fourth-order valence-corrected chi connectivity index (χ4v) is 4.54. The number of likely N-dealkylation sites (tertiary alicyclic amines) is 1. The summed E-state index contributed by atoms with van der Waals surface area (Å²) in [5.74, 6) is 6.84. The maximum atomic E-state index is 12.9. The van der Waals surface area contributed by atoms with Crippen molar-refractivity contribution in [2.24, 2.45) is 0 Å². The van der Waals surface area contributed by atoms with E-state index < -0.39 is 0 Å². The molecule has 4 heterocycles. The summed E-state index contributed by atoms with van der Waals surface area (Å²) >= 11 is 0. The maximum absolute atomic E-state index is 12.9. The molecule has 0 aliphatic carbocycles. The molecule has 0 radical (unpaired) electrons. The van der Waals surface area contributed by atoms with E-state index >= 15 is 0 Å². The summed E-state index contributed by atoms with van der Waals surface area (Å²) in [4.78, 5) is 40.7. The second kappa shape index (κ2) is 10.5. The van der Waals surface area contributed by atoms with Gasteiger partial charge >= 0.3 is 0 Å². The SMILES string of the molecule is CCCC#CC(=O)N1CCCC1c1nc(-c2ccc(C(=O)Nc3ccccn3)cc2)c2c(N)nccn12. The zero-order valence-corrected chi connectivity index (χ0v) is 20.5. The summed E-state index contributed by atoms with van der Waals surface area (Å²) < 4.78 is 1.91. The predicted octanol–water partition coefficient (Wildman–Crippen LogP) is 4.09. The molecular weight excluding hydrogens is 466 g/mol. The Morgan fingerprint density at radius 2 is 1.97 bits per heavy atom. The number of hydrogen-bond donors (Lipinski definition) is 2. The van der Waals surface area contributed by atoms with Crippen LogP contribution >= 0.6 is 0 Å². The molecule has 2 amide bonds. The zero-order valence-electron chi connectivity index (χ0n) is 20.5. The summed E-state index contributed by atoms with van der Waals surface area (Å²) in [7, 11) is 0. The monoisotopic (exact) mass is 493 g/mol. The molecule has 0 spiro atoms. The number of anilines is 2. The van der Waals surface area contributed by atoms with E-state index in [-0.39, 0.29) is 17.9 Å². The highest BCUT2D eigenvalue weighted by Crippen LogP contribution is 2.36. The number of amides is 2. The van der Waals surface area contributed by atoms with Crippen molar-refractivity contribution in [3.05, 3.63) is 72.4 Å². The number of hydrogen-bond acceptors (Lipinski definition) is 6. The number of rotatable bonds is 5. The highest BCUT2D eigenvalue weighted by Gasteiger charge is 2.33. The van der Waals surface area contributed by atoms with Crippen LogP contribution < -0.4 is 11.1 Å². The molecule has 1 atom stereocenters. The van der Waals surface area contributed by atoms with E-state index in [1.54, 1.807) is 41.6 Å². The average molecular weight is 494 g/mol. The minimum Gasteiger partial charge on any atom is -0.382 e. The molecule has 1 aliphatic heterocycles. The lowest BCUT2D eigenvalue weighted by molar-refractivity contribution is -0.126. The Morgan fingerprint density at radius 1 is 1.14 bits per heavy atom. The Labute approximate surface area is 214 Å². The van der Waals surface area contributed by atoms with Gasteiger partial charge in [-0.2, -0.15) is 0 Å². The Balaban J connectivity index is 1.48. The first-order valence-corrected chi connectivity index (χ1v) is 12.3. The van der Waals surface area contributed by atoms with E-state index in [4.69, 9.17) is 10.7 Å². The van der Waals surface area contributed by atoms with Gasteiger partial charge in [-0.3, -0.25) is 14.0 Å². The average Bonchev–Trinajstić information content (AvgIpc) is 3.55. The van der Waals surface area contributed by atoms with Crippen molar-refractivity contribution in [2.75, 3.05) is 17.6 Å². The van der Waals surface area contributed by atoms with Gasteiger partial charge in [0.15, 0.2) is 0 Å². The molecule has 3 N–H and O–H groups in total. The second-order valence-corrected chi connectivity index (χ2v) is 8.80. The van der Waals surface area contributed by atoms with Gasteiger partial charge in [0.2, 0.25) is 0 Å². The minimum absolute atomic E-state index is 0.181. The molecule has 1 aliphatic rings. The number of fused-ring (bicyclic) bond motifs is 1. The third kappa shape index (κ3) is 4.86. The van der Waals surface area contributed by atoms with Crippen molar-refractivity contribution in [1.82, 2.24) is 24.3 Å². The van der Waals surface area contributed by atoms with Crippen LogP contribution in [0.15, 0.2) is 61.1 Å². The molecule has 1 aromatic carbocycles. The van der Waals surface area contributed by atoms with Gasteiger partial charge in [-0.15, -0.1) is 0 Å². The highest BCUT2D eigenvalue weighted by atomic mass is 16.2. The van der Waals surface area contributed by atoms with Crippen molar-refractivity contribution < 1.29 is 9.59 Å². The van der Waals surface area contributed by atoms with Gasteiger partial charge in [-0.25, -0.2) is 15.0 Å². The van der Waals surface area contributed by atoms with Gasteiger partial charge in [0.1, 0.15) is 28.7 Å². The van der Waals surface area contributed by atoms with Crippen LogP contribution in [0.5, 0.6) is 0 Å². The molecule has 0 saturated carbocycles. The van der Waals surface area contributed by atoms with Gasteiger partial charge in [-0.1, -0.05) is 31.0 Å². The molecule has 5 rings (SSSR count). The number of imidazole rings is 1. The fourth-order valence-electron chi connectivity index (χ4n) is 4.54. The summed E-state index contributed by atoms with van der Waals surface area (Å²) in [5.41, 5.74) is 8.89. The standard InChI is InChI=1S/C28H27N7O2/c1-2-3-4-10-23(36)34-17-7-8-21(34)27-33-24(25-26(29)31-16-18-35(25)27)19-11-13-20(14-12-19)28(37)32-22-9-5-6-15-30-22/h5-6,9,11-16,18,21H,2-3,7-8,17H2,1H3,(H2,29,31)(H,30,32,37). The number of carbonyl (C=O) groups excluding carboxylic acids is 2. The lowest BCUT2D eigenvalue weighted by atomic mass is 10.1. The Kier molecular flexibility index (Phi) is 6.81. The van der Waals surface area contributed by atoms with E-state index in [0.717, 1.165) is 30.7 Å². The summed E-state index contributed by atoms with van der Waals surface area (Å²) in [6.45, 7) is 2.67. The Bertz CT molecular complexity index is 1500. The van der Waals surface area contributed by atoms with Crippen LogP contribution in [-0.4, -0.2) is 42.6 Å². The van der Waals surface area contributed by atoms with Crippen LogP contribution in [0.25, 0.3) is 16.8 Å². The molecule has 1 saturated heterocycles. The van der Waals surface area contributed by atoms with Crippen molar-refractivity contribution in [1.29, 1.82) is 0 Å². The van der Waals surface area contributed by atoms with Gasteiger partial charge in [0.25, 0.3) is 11.8 Å². The van der Waals surface area contributed by atoms with Gasteiger partial charge < -0.3 is 16.0 Å². The molecule has 186 valence electrons. The molecule has 9 nitrogen and oxygen atoms in total. The molecule has 37 heavy (non-hydrogen) atoms. The van der Waals surface area contributed by atoms with Crippen LogP contribution in [0.1, 0.15) is 54.8 Å². The molecule has 1 fully saturated rings. The largest absolute Gasteiger partial charge is 0.382 e. The van der Waals surface area contributed by atoms with Crippen molar-refractivity contribution in [3.8, 4) is 23.1 Å². The summed E-state index contributed by atoms with van der Waals surface area (Å²) in [6.07, 6.45) is 8.33. The van der Waals surface area contributed by atoms with Crippen LogP contribution in [0.2, 0.25) is 0 Å². The normalized spacial score (nSPS) is 14.8. The second-order valence-electron chi connectivity index (χ2n) is 8.80. The van der Waals surface area contributed by atoms with E-state index in [1.165, 1.54) is 0 Å². The molecule has 3 aromatic heterocycles. The van der Waals surface area contributed by atoms with Crippen LogP contribution in [-0.2, 0) is 4.79 Å². The van der Waals surface area contributed by atoms with E-state index in [0.29, 0.717) is 41.4 Å². The van der Waals surface area contributed by atoms with Gasteiger partial charge in [0, 0.05) is 42.7 Å². The first-order chi connectivity index (χ1) is 18.1. The number of unbranched alkanes of at least 4 members (excludes halogenated alkanes) is 1. The first-order valence-electron chi connectivity index (χ1n) is 12.3. The number of nitrogens with two attached hydrogens (primary N) is 1. The van der Waals surface area contributed by atoms with Gasteiger partial charge in [-0.05, 0) is 49.4 Å². The molecule has 4 aromatic rings. The Hall–Kier alpha value is -4.71. The Morgan fingerprint density at radius 3 is 2.73 bits per heavy atom. The fraction of sp³-hybridized carbons (Fsp3) is 0.250. The molecule has 0 bridgehead atoms. The van der Waals surface area contributed by atoms with Gasteiger partial charge in [0.05, 0.1) is 6.04 Å². The van der Waals surface area contributed by atoms with Crippen molar-refractivity contribution in [3.63, 3.8) is 0 Å². The third-order valence-corrected chi connectivity index (χ3v) is 6.32. The van der Waals surface area contributed by atoms with E-state index in [1.807, 2.05) is 35.7 Å². The third-order valence-electron chi connectivity index (χ3n) is 6.32. The van der Waals surface area contributed by atoms with Crippen molar-refractivity contribution in [2.45, 2.75) is 38.6 Å². The zero-order chi connectivity index (χ0) is 25.8. The number of nitrogen functional groups attached to an aromatic ring is 1. The molecular formula is C28H27N7O2. The van der Waals surface area contributed by atoms with Crippen molar-refractivity contribution >= 4 is 29.0 Å². The number of aromatic nitrogens is 4. The van der Waals surface area contributed by atoms with Crippen LogP contribution in [0.3, 0.4) is 0 Å². The maximum Gasteiger partial charge on any atom is 0.299 e. The molecule has 9 heteroatoms. The smallest absolute Gasteiger partial charge is 0.299 e. The lowest BCUT2D eigenvalue weighted by Crippen LogP contribution is -2.30. The summed E-state index contributed by atoms with van der Waals surface area (Å²) in [5, 5.41) is 2.78. The summed E-state index contributed by atoms with van der Waals surface area (Å²) in [6, 6.07) is 12.2. The topological polar surface area (TPSA) is 119 Å². The first kappa shape index (κ1) is 24.0. The number of carbonyl (C=O) groups is 2. The predicted molar refractivity (Wildman–Crippen MR) is 141 cm³/mol. The number of nitrogens with zero attached hydrogens (tertiary/aromatic N) is 5. The number of nitrogens with one attached hydrogen (secondary N) is 1. The molecule has 1 unspecified atom stereocenters. The van der Waals surface area contributed by atoms with Crippen LogP contribution in [0, 0.1) is 11.8 Å². The van der Waals surface area contributed by atoms with E-state index in [2.05, 4.69) is 27.1 Å². The lowest BCUT2D eigenvalue weighted by Gasteiger charge is -2.21. The quantitative estimate of drug-likeness (QED) is 0.404. The van der Waals surface area contributed by atoms with Crippen LogP contribution in [0.4, 0.5) is 11.6 Å². The minimum atomic E-state index is -0.258. The number of benzene rings is 1. The highest BCUT2D eigenvalue weighted by molar-refractivity contribution is 6.04. The van der Waals surface area contributed by atoms with E-state index in [9.17, 15) is 9.59 Å².